The van der Waals surface area contributed by atoms with Crippen LogP contribution in [0, 0.1) is 12.7 Å². The minimum atomic E-state index is -0.166. The summed E-state index contributed by atoms with van der Waals surface area (Å²) in [5.41, 5.74) is 1.58. The van der Waals surface area contributed by atoms with E-state index >= 15 is 0 Å². The van der Waals surface area contributed by atoms with Gasteiger partial charge in [0.1, 0.15) is 5.82 Å². The summed E-state index contributed by atoms with van der Waals surface area (Å²) >= 11 is 1.77. The third kappa shape index (κ3) is 6.10. The van der Waals surface area contributed by atoms with E-state index in [0.717, 1.165) is 24.5 Å². The lowest BCUT2D eigenvalue weighted by atomic mass is 10.1. The fraction of sp³-hybridized carbons (Fsp3) is 0.353. The van der Waals surface area contributed by atoms with Gasteiger partial charge >= 0.3 is 0 Å². The van der Waals surface area contributed by atoms with E-state index in [-0.39, 0.29) is 29.8 Å². The number of hydrogen-bond donors (Lipinski definition) is 1. The normalized spacial score (nSPS) is 11.0. The van der Waals surface area contributed by atoms with Gasteiger partial charge in [0.25, 0.3) is 0 Å². The Balaban J connectivity index is 0.00000264. The lowest BCUT2D eigenvalue weighted by Crippen LogP contribution is -2.39. The van der Waals surface area contributed by atoms with Gasteiger partial charge in [0.15, 0.2) is 5.96 Å². The van der Waals surface area contributed by atoms with Crippen LogP contribution in [0.25, 0.3) is 0 Å². The molecule has 23 heavy (non-hydrogen) atoms. The van der Waals surface area contributed by atoms with Gasteiger partial charge in [-0.15, -0.1) is 35.3 Å². The summed E-state index contributed by atoms with van der Waals surface area (Å²) in [6.45, 7) is 3.22. The number of aryl methyl sites for hydroxylation is 1. The van der Waals surface area contributed by atoms with Crippen LogP contribution in [-0.4, -0.2) is 31.5 Å². The van der Waals surface area contributed by atoms with Crippen LogP contribution in [-0.2, 0) is 13.0 Å². The minimum Gasteiger partial charge on any atom is -0.352 e. The summed E-state index contributed by atoms with van der Waals surface area (Å²) in [6, 6.07) is 9.52. The van der Waals surface area contributed by atoms with Gasteiger partial charge in [0, 0.05) is 32.1 Å². The Morgan fingerprint density at radius 1 is 1.35 bits per heavy atom. The maximum absolute atomic E-state index is 13.6. The molecule has 0 spiro atoms. The van der Waals surface area contributed by atoms with E-state index in [9.17, 15) is 4.39 Å². The molecule has 126 valence electrons. The molecule has 0 aliphatic heterocycles. The summed E-state index contributed by atoms with van der Waals surface area (Å²) in [7, 11) is 3.78. The Morgan fingerprint density at radius 2 is 2.13 bits per heavy atom. The molecule has 0 radical (unpaired) electrons. The van der Waals surface area contributed by atoms with Crippen molar-refractivity contribution in [1.82, 2.24) is 10.2 Å². The standard InChI is InChI=1S/C17H22FN3S.HI/c1-13-6-7-14(11-16(13)18)12-20-17(19-2)21(3)9-8-15-5-4-10-22-15;/h4-7,10-11H,8-9,12H2,1-3H3,(H,19,20);1H. The molecule has 1 heterocycles. The number of thiophene rings is 1. The van der Waals surface area contributed by atoms with Gasteiger partial charge in [0.2, 0.25) is 0 Å². The lowest BCUT2D eigenvalue weighted by Gasteiger charge is -2.22. The molecule has 0 aliphatic carbocycles. The molecular weight excluding hydrogens is 424 g/mol. The van der Waals surface area contributed by atoms with Crippen molar-refractivity contribution >= 4 is 41.3 Å². The molecule has 0 saturated heterocycles. The number of aliphatic imine (C=N–C) groups is 1. The Morgan fingerprint density at radius 3 is 2.74 bits per heavy atom. The van der Waals surface area contributed by atoms with Gasteiger partial charge in [-0.3, -0.25) is 4.99 Å². The van der Waals surface area contributed by atoms with Crippen LogP contribution in [0.5, 0.6) is 0 Å². The largest absolute Gasteiger partial charge is 0.352 e. The molecule has 0 bridgehead atoms. The van der Waals surface area contributed by atoms with E-state index in [4.69, 9.17) is 0 Å². The zero-order chi connectivity index (χ0) is 15.9. The van der Waals surface area contributed by atoms with E-state index in [1.807, 2.05) is 13.1 Å². The van der Waals surface area contributed by atoms with Crippen molar-refractivity contribution in [3.8, 4) is 0 Å². The molecule has 2 aromatic rings. The average Bonchev–Trinajstić information content (AvgIpc) is 3.02. The number of nitrogens with one attached hydrogen (secondary N) is 1. The third-order valence-corrected chi connectivity index (χ3v) is 4.47. The van der Waals surface area contributed by atoms with Gasteiger partial charge in [-0.1, -0.05) is 18.2 Å². The van der Waals surface area contributed by atoms with Crippen molar-refractivity contribution in [1.29, 1.82) is 0 Å². The number of likely N-dealkylation sites (N-methyl/N-ethyl adjacent to an activating group) is 1. The molecule has 1 aromatic carbocycles. The molecule has 0 fully saturated rings. The van der Waals surface area contributed by atoms with Gasteiger partial charge in [-0.2, -0.15) is 0 Å². The maximum Gasteiger partial charge on any atom is 0.193 e. The highest BCUT2D eigenvalue weighted by Crippen LogP contribution is 2.10. The third-order valence-electron chi connectivity index (χ3n) is 3.53. The zero-order valence-corrected chi connectivity index (χ0v) is 16.8. The second-order valence-corrected chi connectivity index (χ2v) is 6.27. The summed E-state index contributed by atoms with van der Waals surface area (Å²) in [5.74, 6) is 0.651. The molecule has 2 rings (SSSR count). The highest BCUT2D eigenvalue weighted by molar-refractivity contribution is 14.0. The number of nitrogens with zero attached hydrogens (tertiary/aromatic N) is 2. The molecule has 0 saturated carbocycles. The maximum atomic E-state index is 13.6. The molecule has 0 atom stereocenters. The molecule has 0 aliphatic rings. The number of hydrogen-bond acceptors (Lipinski definition) is 2. The van der Waals surface area contributed by atoms with Crippen LogP contribution in [0.1, 0.15) is 16.0 Å². The predicted molar refractivity (Wildman–Crippen MR) is 107 cm³/mol. The fourth-order valence-electron chi connectivity index (χ4n) is 2.15. The van der Waals surface area contributed by atoms with Gasteiger partial charge in [-0.05, 0) is 42.0 Å². The predicted octanol–water partition coefficient (Wildman–Crippen LogP) is 4.06. The molecule has 0 amide bonds. The molecule has 1 N–H and O–H groups in total. The highest BCUT2D eigenvalue weighted by atomic mass is 127. The van der Waals surface area contributed by atoms with Crippen LogP contribution in [0.2, 0.25) is 0 Å². The summed E-state index contributed by atoms with van der Waals surface area (Å²) in [4.78, 5) is 7.74. The van der Waals surface area contributed by atoms with Crippen LogP contribution in [0.15, 0.2) is 40.7 Å². The first-order chi connectivity index (χ1) is 10.6. The smallest absolute Gasteiger partial charge is 0.193 e. The Kier molecular flexibility index (Phi) is 8.54. The second-order valence-electron chi connectivity index (χ2n) is 5.24. The van der Waals surface area contributed by atoms with Crippen molar-refractivity contribution in [3.63, 3.8) is 0 Å². The van der Waals surface area contributed by atoms with E-state index in [1.165, 1.54) is 4.88 Å². The van der Waals surface area contributed by atoms with E-state index in [0.29, 0.717) is 12.1 Å². The number of rotatable bonds is 5. The first-order valence-corrected chi connectivity index (χ1v) is 8.17. The highest BCUT2D eigenvalue weighted by Gasteiger charge is 2.07. The van der Waals surface area contributed by atoms with Gasteiger partial charge in [0.05, 0.1) is 0 Å². The Bertz CT molecular complexity index is 629. The molecule has 3 nitrogen and oxygen atoms in total. The Labute approximate surface area is 158 Å². The Hall–Kier alpha value is -1.15. The van der Waals surface area contributed by atoms with Crippen LogP contribution in [0.3, 0.4) is 0 Å². The van der Waals surface area contributed by atoms with E-state index in [2.05, 4.69) is 32.7 Å². The van der Waals surface area contributed by atoms with Crippen molar-refractivity contribution in [2.75, 3.05) is 20.6 Å². The van der Waals surface area contributed by atoms with E-state index in [1.54, 1.807) is 37.4 Å². The number of halogens is 2. The fourth-order valence-corrected chi connectivity index (χ4v) is 2.85. The molecular formula is C17H23FIN3S. The van der Waals surface area contributed by atoms with Crippen molar-refractivity contribution in [2.45, 2.75) is 19.9 Å². The van der Waals surface area contributed by atoms with Crippen LogP contribution < -0.4 is 5.32 Å². The first kappa shape index (κ1) is 19.9. The summed E-state index contributed by atoms with van der Waals surface area (Å²) < 4.78 is 13.6. The second kappa shape index (κ2) is 9.87. The number of benzene rings is 1. The zero-order valence-electron chi connectivity index (χ0n) is 13.7. The summed E-state index contributed by atoms with van der Waals surface area (Å²) in [6.07, 6.45) is 0.994. The average molecular weight is 447 g/mol. The lowest BCUT2D eigenvalue weighted by molar-refractivity contribution is 0.486. The van der Waals surface area contributed by atoms with Gasteiger partial charge < -0.3 is 10.2 Å². The molecule has 6 heteroatoms. The minimum absolute atomic E-state index is 0. The molecule has 0 unspecified atom stereocenters. The van der Waals surface area contributed by atoms with E-state index < -0.39 is 0 Å². The monoisotopic (exact) mass is 447 g/mol. The first-order valence-electron chi connectivity index (χ1n) is 7.29. The van der Waals surface area contributed by atoms with Gasteiger partial charge in [-0.25, -0.2) is 4.39 Å². The van der Waals surface area contributed by atoms with Crippen LogP contribution >= 0.6 is 35.3 Å². The van der Waals surface area contributed by atoms with Crippen LogP contribution in [0.4, 0.5) is 4.39 Å². The number of guanidine groups is 1. The SMILES string of the molecule is CN=C(NCc1ccc(C)c(F)c1)N(C)CCc1cccs1.I. The van der Waals surface area contributed by atoms with Crippen molar-refractivity contribution in [3.05, 3.63) is 57.5 Å². The molecule has 1 aromatic heterocycles. The topological polar surface area (TPSA) is 27.6 Å². The van der Waals surface area contributed by atoms with Crippen molar-refractivity contribution < 1.29 is 4.39 Å². The summed E-state index contributed by atoms with van der Waals surface area (Å²) in [5, 5.41) is 5.37. The van der Waals surface area contributed by atoms with Crippen molar-refractivity contribution in [2.24, 2.45) is 4.99 Å². The quantitative estimate of drug-likeness (QED) is 0.425.